The van der Waals surface area contributed by atoms with Gasteiger partial charge in [-0.05, 0) is 31.0 Å². The molecule has 1 aromatic carbocycles. The summed E-state index contributed by atoms with van der Waals surface area (Å²) in [6.45, 7) is 0. The molecule has 1 fully saturated rings. The molecular formula is C14H17FN2O3. The fraction of sp³-hybridized carbons (Fsp3) is 0.429. The molecular weight excluding hydrogens is 263 g/mol. The largest absolute Gasteiger partial charge is 0.478 e. The molecule has 5 nitrogen and oxygen atoms in total. The number of carboxylic acid groups (broad SMARTS) is 1. The van der Waals surface area contributed by atoms with Gasteiger partial charge in [0, 0.05) is 6.04 Å². The molecule has 3 N–H and O–H groups in total. The first-order chi connectivity index (χ1) is 9.56. The number of carbonyl (C=O) groups is 2. The van der Waals surface area contributed by atoms with Crippen LogP contribution < -0.4 is 10.6 Å². The minimum Gasteiger partial charge on any atom is -0.478 e. The highest BCUT2D eigenvalue weighted by atomic mass is 19.1. The van der Waals surface area contributed by atoms with E-state index in [4.69, 9.17) is 5.11 Å². The zero-order valence-corrected chi connectivity index (χ0v) is 11.0. The maximum Gasteiger partial charge on any atom is 0.335 e. The highest BCUT2D eigenvalue weighted by Gasteiger charge is 2.16. The zero-order valence-electron chi connectivity index (χ0n) is 11.0. The lowest BCUT2D eigenvalue weighted by atomic mass is 9.96. The van der Waals surface area contributed by atoms with Crippen LogP contribution in [0.5, 0.6) is 0 Å². The lowest BCUT2D eigenvalue weighted by molar-refractivity contribution is 0.0696. The number of carboxylic acids is 1. The third kappa shape index (κ3) is 3.69. The summed E-state index contributed by atoms with van der Waals surface area (Å²) in [5.74, 6) is -1.97. The van der Waals surface area contributed by atoms with Crippen LogP contribution in [0.1, 0.15) is 42.5 Å². The number of benzene rings is 1. The van der Waals surface area contributed by atoms with Crippen LogP contribution in [0.15, 0.2) is 18.2 Å². The Labute approximate surface area is 116 Å². The van der Waals surface area contributed by atoms with Crippen molar-refractivity contribution in [2.45, 2.75) is 38.1 Å². The fourth-order valence-electron chi connectivity index (χ4n) is 2.34. The first-order valence-electron chi connectivity index (χ1n) is 6.66. The summed E-state index contributed by atoms with van der Waals surface area (Å²) in [7, 11) is 0. The van der Waals surface area contributed by atoms with Crippen molar-refractivity contribution in [1.82, 2.24) is 5.32 Å². The number of carbonyl (C=O) groups excluding carboxylic acids is 1. The number of anilines is 1. The molecule has 0 radical (unpaired) electrons. The Hall–Kier alpha value is -2.11. The molecule has 0 aromatic heterocycles. The Morgan fingerprint density at radius 3 is 2.50 bits per heavy atom. The Morgan fingerprint density at radius 1 is 1.20 bits per heavy atom. The van der Waals surface area contributed by atoms with Gasteiger partial charge in [0.15, 0.2) is 0 Å². The van der Waals surface area contributed by atoms with E-state index in [0.717, 1.165) is 31.7 Å². The van der Waals surface area contributed by atoms with E-state index in [1.54, 1.807) is 0 Å². The molecule has 1 aromatic rings. The van der Waals surface area contributed by atoms with Crippen LogP contribution >= 0.6 is 0 Å². The molecule has 1 aliphatic carbocycles. The minimum absolute atomic E-state index is 0.0247. The summed E-state index contributed by atoms with van der Waals surface area (Å²) < 4.78 is 13.6. The summed E-state index contributed by atoms with van der Waals surface area (Å²) in [5, 5.41) is 13.9. The van der Waals surface area contributed by atoms with Crippen molar-refractivity contribution in [2.24, 2.45) is 0 Å². The van der Waals surface area contributed by atoms with Crippen LogP contribution in [0.3, 0.4) is 0 Å². The number of hydrogen-bond acceptors (Lipinski definition) is 2. The number of hydrogen-bond donors (Lipinski definition) is 3. The van der Waals surface area contributed by atoms with Gasteiger partial charge in [0.1, 0.15) is 5.82 Å². The molecule has 0 spiro atoms. The summed E-state index contributed by atoms with van der Waals surface area (Å²) in [6.07, 6.45) is 5.24. The average molecular weight is 280 g/mol. The molecule has 2 amide bonds. The van der Waals surface area contributed by atoms with Crippen molar-refractivity contribution in [3.05, 3.63) is 29.6 Å². The second kappa shape index (κ2) is 6.36. The van der Waals surface area contributed by atoms with Gasteiger partial charge in [-0.3, -0.25) is 0 Å². The van der Waals surface area contributed by atoms with Crippen molar-refractivity contribution in [3.8, 4) is 0 Å². The van der Waals surface area contributed by atoms with Gasteiger partial charge in [-0.15, -0.1) is 0 Å². The SMILES string of the molecule is O=C(Nc1ccc(C(=O)O)cc1F)NC1CCCCC1. The van der Waals surface area contributed by atoms with Gasteiger partial charge in [-0.1, -0.05) is 19.3 Å². The van der Waals surface area contributed by atoms with Crippen LogP contribution in [-0.2, 0) is 0 Å². The second-order valence-electron chi connectivity index (χ2n) is 4.93. The number of rotatable bonds is 3. The number of nitrogens with one attached hydrogen (secondary N) is 2. The van der Waals surface area contributed by atoms with E-state index >= 15 is 0 Å². The van der Waals surface area contributed by atoms with Crippen LogP contribution in [0.4, 0.5) is 14.9 Å². The Kier molecular flexibility index (Phi) is 4.55. The number of aromatic carboxylic acids is 1. The maximum atomic E-state index is 13.6. The van der Waals surface area contributed by atoms with Gasteiger partial charge >= 0.3 is 12.0 Å². The minimum atomic E-state index is -1.21. The summed E-state index contributed by atoms with van der Waals surface area (Å²) in [4.78, 5) is 22.4. The smallest absolute Gasteiger partial charge is 0.335 e. The van der Waals surface area contributed by atoms with E-state index < -0.39 is 17.8 Å². The van der Waals surface area contributed by atoms with E-state index in [1.165, 1.54) is 18.6 Å². The molecule has 0 atom stereocenters. The third-order valence-electron chi connectivity index (χ3n) is 3.40. The fourth-order valence-corrected chi connectivity index (χ4v) is 2.34. The standard InChI is InChI=1S/C14H17FN2O3/c15-11-8-9(13(18)19)6-7-12(11)17-14(20)16-10-4-2-1-3-5-10/h6-8,10H,1-5H2,(H,18,19)(H2,16,17,20). The lowest BCUT2D eigenvalue weighted by Crippen LogP contribution is -2.39. The predicted molar refractivity (Wildman–Crippen MR) is 72.4 cm³/mol. The van der Waals surface area contributed by atoms with Crippen LogP contribution in [0.25, 0.3) is 0 Å². The summed E-state index contributed by atoms with van der Waals surface area (Å²) in [5.41, 5.74) is -0.177. The predicted octanol–water partition coefficient (Wildman–Crippen LogP) is 2.98. The first kappa shape index (κ1) is 14.3. The van der Waals surface area contributed by atoms with E-state index in [9.17, 15) is 14.0 Å². The highest BCUT2D eigenvalue weighted by molar-refractivity contribution is 5.91. The Bertz CT molecular complexity index is 513. The van der Waals surface area contributed by atoms with Gasteiger partial charge in [-0.25, -0.2) is 14.0 Å². The molecule has 6 heteroatoms. The number of urea groups is 1. The quantitative estimate of drug-likeness (QED) is 0.796. The van der Waals surface area contributed by atoms with E-state index in [0.29, 0.717) is 0 Å². The van der Waals surface area contributed by atoms with Crippen molar-refractivity contribution in [3.63, 3.8) is 0 Å². The molecule has 0 saturated heterocycles. The molecule has 2 rings (SSSR count). The van der Waals surface area contributed by atoms with Crippen LogP contribution in [0.2, 0.25) is 0 Å². The lowest BCUT2D eigenvalue weighted by Gasteiger charge is -2.22. The van der Waals surface area contributed by atoms with E-state index in [-0.39, 0.29) is 17.3 Å². The van der Waals surface area contributed by atoms with Crippen molar-refractivity contribution < 1.29 is 19.1 Å². The van der Waals surface area contributed by atoms with Crippen molar-refractivity contribution >= 4 is 17.7 Å². The molecule has 0 unspecified atom stereocenters. The monoisotopic (exact) mass is 280 g/mol. The van der Waals surface area contributed by atoms with E-state index in [1.807, 2.05) is 0 Å². The molecule has 20 heavy (non-hydrogen) atoms. The zero-order chi connectivity index (χ0) is 14.5. The van der Waals surface area contributed by atoms with Crippen LogP contribution in [-0.4, -0.2) is 23.1 Å². The maximum absolute atomic E-state index is 13.6. The highest BCUT2D eigenvalue weighted by Crippen LogP contribution is 2.18. The number of halogens is 1. The third-order valence-corrected chi connectivity index (χ3v) is 3.40. The summed E-state index contributed by atoms with van der Waals surface area (Å²) in [6, 6.07) is 3.06. The molecule has 108 valence electrons. The summed E-state index contributed by atoms with van der Waals surface area (Å²) >= 11 is 0. The van der Waals surface area contributed by atoms with Crippen molar-refractivity contribution in [1.29, 1.82) is 0 Å². The van der Waals surface area contributed by atoms with Crippen LogP contribution in [0, 0.1) is 5.82 Å². The first-order valence-corrected chi connectivity index (χ1v) is 6.66. The molecule has 1 saturated carbocycles. The molecule has 0 bridgehead atoms. The van der Waals surface area contributed by atoms with Gasteiger partial charge in [-0.2, -0.15) is 0 Å². The van der Waals surface area contributed by atoms with Crippen molar-refractivity contribution in [2.75, 3.05) is 5.32 Å². The van der Waals surface area contributed by atoms with E-state index in [2.05, 4.69) is 10.6 Å². The molecule has 0 heterocycles. The second-order valence-corrected chi connectivity index (χ2v) is 4.93. The van der Waals surface area contributed by atoms with Gasteiger partial charge < -0.3 is 15.7 Å². The average Bonchev–Trinajstić information content (AvgIpc) is 2.42. The molecule has 1 aliphatic rings. The molecule has 0 aliphatic heterocycles. The Morgan fingerprint density at radius 2 is 1.90 bits per heavy atom. The number of amides is 2. The van der Waals surface area contributed by atoms with Gasteiger partial charge in [0.05, 0.1) is 11.3 Å². The normalized spacial score (nSPS) is 15.7. The topological polar surface area (TPSA) is 78.4 Å². The Balaban J connectivity index is 1.95. The van der Waals surface area contributed by atoms with Gasteiger partial charge in [0.25, 0.3) is 0 Å². The van der Waals surface area contributed by atoms with Gasteiger partial charge in [0.2, 0.25) is 0 Å².